The second-order valence-electron chi connectivity index (χ2n) is 8.32. The van der Waals surface area contributed by atoms with Gasteiger partial charge in [-0.05, 0) is 40.7 Å². The lowest BCUT2D eigenvalue weighted by molar-refractivity contribution is -0.121. The van der Waals surface area contributed by atoms with Crippen LogP contribution in [0, 0.1) is 5.41 Å². The van der Waals surface area contributed by atoms with Gasteiger partial charge in [0.1, 0.15) is 0 Å². The first kappa shape index (κ1) is 21.3. The van der Waals surface area contributed by atoms with Crippen LogP contribution >= 0.6 is 15.9 Å². The zero-order valence-corrected chi connectivity index (χ0v) is 18.7. The Bertz CT molecular complexity index is 865. The minimum Gasteiger partial charge on any atom is -0.356 e. The number of amides is 1. The summed E-state index contributed by atoms with van der Waals surface area (Å²) in [6, 6.07) is 28.9. The van der Waals surface area contributed by atoms with Gasteiger partial charge in [0.25, 0.3) is 0 Å². The summed E-state index contributed by atoms with van der Waals surface area (Å²) in [5, 5.41) is 3.18. The summed E-state index contributed by atoms with van der Waals surface area (Å²) in [5.41, 5.74) is 3.60. The van der Waals surface area contributed by atoms with Crippen molar-refractivity contribution in [1.82, 2.24) is 5.32 Å². The third-order valence-corrected chi connectivity index (χ3v) is 5.68. The fourth-order valence-corrected chi connectivity index (χ4v) is 3.88. The molecule has 0 aliphatic rings. The van der Waals surface area contributed by atoms with E-state index in [1.165, 1.54) is 16.7 Å². The summed E-state index contributed by atoms with van der Waals surface area (Å²) in [6.07, 6.45) is 1.36. The average molecular weight is 450 g/mol. The van der Waals surface area contributed by atoms with Gasteiger partial charge in [-0.2, -0.15) is 0 Å². The van der Waals surface area contributed by atoms with E-state index in [0.717, 1.165) is 10.9 Å². The highest BCUT2D eigenvalue weighted by atomic mass is 79.9. The van der Waals surface area contributed by atoms with Crippen molar-refractivity contribution in [3.8, 4) is 0 Å². The van der Waals surface area contributed by atoms with Gasteiger partial charge < -0.3 is 5.32 Å². The van der Waals surface area contributed by atoms with Crippen molar-refractivity contribution in [3.05, 3.63) is 106 Å². The van der Waals surface area contributed by atoms with Gasteiger partial charge in [-0.1, -0.05) is 103 Å². The van der Waals surface area contributed by atoms with Gasteiger partial charge in [0.05, 0.1) is 0 Å². The van der Waals surface area contributed by atoms with E-state index in [2.05, 4.69) is 83.6 Å². The van der Waals surface area contributed by atoms with Crippen LogP contribution in [0.4, 0.5) is 0 Å². The molecule has 0 fully saturated rings. The third-order valence-electron chi connectivity index (χ3n) is 5.15. The van der Waals surface area contributed by atoms with Crippen LogP contribution in [0.3, 0.4) is 0 Å². The van der Waals surface area contributed by atoms with Gasteiger partial charge in [0.15, 0.2) is 0 Å². The highest BCUT2D eigenvalue weighted by Gasteiger charge is 2.22. The van der Waals surface area contributed by atoms with Crippen molar-refractivity contribution in [3.63, 3.8) is 0 Å². The van der Waals surface area contributed by atoms with Crippen LogP contribution in [0.1, 0.15) is 42.9 Å². The van der Waals surface area contributed by atoms with Crippen LogP contribution < -0.4 is 5.32 Å². The van der Waals surface area contributed by atoms with Crippen molar-refractivity contribution in [2.45, 2.75) is 32.6 Å². The van der Waals surface area contributed by atoms with E-state index in [9.17, 15) is 4.79 Å². The maximum atomic E-state index is 12.8. The molecule has 0 atom stereocenters. The summed E-state index contributed by atoms with van der Waals surface area (Å²) in [5.74, 6) is 0.151. The Labute approximate surface area is 182 Å². The first-order valence-electron chi connectivity index (χ1n) is 10.0. The van der Waals surface area contributed by atoms with Crippen molar-refractivity contribution in [1.29, 1.82) is 0 Å². The fourth-order valence-electron chi connectivity index (χ4n) is 3.61. The number of carbonyl (C=O) groups is 1. The van der Waals surface area contributed by atoms with Gasteiger partial charge in [-0.15, -0.1) is 0 Å². The van der Waals surface area contributed by atoms with Crippen molar-refractivity contribution in [2.24, 2.45) is 5.41 Å². The highest BCUT2D eigenvalue weighted by molar-refractivity contribution is 9.10. The molecule has 0 radical (unpaired) electrons. The van der Waals surface area contributed by atoms with E-state index in [1.807, 2.05) is 36.4 Å². The third kappa shape index (κ3) is 6.57. The Morgan fingerprint density at radius 2 is 1.38 bits per heavy atom. The smallest absolute Gasteiger partial charge is 0.220 e. The van der Waals surface area contributed by atoms with Crippen LogP contribution in [0.15, 0.2) is 89.4 Å². The molecule has 3 aromatic carbocycles. The lowest BCUT2D eigenvalue weighted by Gasteiger charge is -2.26. The average Bonchev–Trinajstić information content (AvgIpc) is 2.73. The van der Waals surface area contributed by atoms with Crippen LogP contribution in [-0.2, 0) is 11.2 Å². The molecule has 0 spiro atoms. The van der Waals surface area contributed by atoms with E-state index >= 15 is 0 Å². The molecule has 0 saturated carbocycles. The van der Waals surface area contributed by atoms with Gasteiger partial charge in [0.2, 0.25) is 5.91 Å². The molecule has 0 aliphatic carbocycles. The molecule has 1 amide bonds. The minimum absolute atomic E-state index is 0.0154. The molecule has 0 bridgehead atoms. The van der Waals surface area contributed by atoms with Crippen LogP contribution in [-0.4, -0.2) is 12.5 Å². The van der Waals surface area contributed by atoms with E-state index in [4.69, 9.17) is 0 Å². The fraction of sp³-hybridized carbons (Fsp3) is 0.269. The molecular formula is C26H28BrNO. The number of rotatable bonds is 8. The molecule has 0 saturated heterocycles. The predicted molar refractivity (Wildman–Crippen MR) is 124 cm³/mol. The molecule has 29 heavy (non-hydrogen) atoms. The molecule has 0 aliphatic heterocycles. The van der Waals surface area contributed by atoms with E-state index in [0.29, 0.717) is 13.0 Å². The lowest BCUT2D eigenvalue weighted by Crippen LogP contribution is -2.36. The Morgan fingerprint density at radius 1 is 0.862 bits per heavy atom. The van der Waals surface area contributed by atoms with Gasteiger partial charge in [-0.3, -0.25) is 4.79 Å². The van der Waals surface area contributed by atoms with Gasteiger partial charge >= 0.3 is 0 Å². The van der Waals surface area contributed by atoms with Gasteiger partial charge in [0, 0.05) is 23.4 Å². The molecule has 3 rings (SSSR count). The van der Waals surface area contributed by atoms with E-state index in [1.54, 1.807) is 0 Å². The first-order chi connectivity index (χ1) is 13.9. The molecule has 0 unspecified atom stereocenters. The number of halogens is 1. The number of carbonyl (C=O) groups excluding carboxylic acids is 1. The molecule has 3 aromatic rings. The summed E-state index contributed by atoms with van der Waals surface area (Å²) in [7, 11) is 0. The van der Waals surface area contributed by atoms with E-state index in [-0.39, 0.29) is 17.2 Å². The van der Waals surface area contributed by atoms with Crippen LogP contribution in [0.25, 0.3) is 0 Å². The topological polar surface area (TPSA) is 29.1 Å². The lowest BCUT2D eigenvalue weighted by atomic mass is 9.85. The summed E-state index contributed by atoms with van der Waals surface area (Å²) >= 11 is 3.48. The summed E-state index contributed by atoms with van der Waals surface area (Å²) < 4.78 is 1.08. The Hall–Kier alpha value is -2.39. The summed E-state index contributed by atoms with van der Waals surface area (Å²) in [4.78, 5) is 12.8. The largest absolute Gasteiger partial charge is 0.356 e. The van der Waals surface area contributed by atoms with Crippen LogP contribution in [0.5, 0.6) is 0 Å². The molecule has 3 heteroatoms. The highest BCUT2D eigenvalue weighted by Crippen LogP contribution is 2.28. The van der Waals surface area contributed by atoms with Crippen molar-refractivity contribution in [2.75, 3.05) is 6.54 Å². The SMILES string of the molecule is CC(C)(CNC(=O)CC(c1ccccc1)c1ccccc1)Cc1ccc(Br)cc1. The quantitative estimate of drug-likeness (QED) is 0.425. The second kappa shape index (κ2) is 9.89. The van der Waals surface area contributed by atoms with Crippen molar-refractivity contribution >= 4 is 21.8 Å². The number of nitrogens with one attached hydrogen (secondary N) is 1. The zero-order valence-electron chi connectivity index (χ0n) is 17.1. The number of hydrogen-bond donors (Lipinski definition) is 1. The minimum atomic E-state index is -0.0154. The normalized spacial score (nSPS) is 11.4. The van der Waals surface area contributed by atoms with E-state index < -0.39 is 0 Å². The zero-order chi connectivity index (χ0) is 20.7. The monoisotopic (exact) mass is 449 g/mol. The molecule has 2 nitrogen and oxygen atoms in total. The Morgan fingerprint density at radius 3 is 1.90 bits per heavy atom. The Kier molecular flexibility index (Phi) is 7.27. The first-order valence-corrected chi connectivity index (χ1v) is 10.8. The molecular weight excluding hydrogens is 422 g/mol. The second-order valence-corrected chi connectivity index (χ2v) is 9.24. The number of hydrogen-bond acceptors (Lipinski definition) is 1. The predicted octanol–water partition coefficient (Wildman–Crippen LogP) is 6.36. The number of benzene rings is 3. The Balaban J connectivity index is 1.63. The maximum Gasteiger partial charge on any atom is 0.220 e. The molecule has 150 valence electrons. The van der Waals surface area contributed by atoms with Gasteiger partial charge in [-0.25, -0.2) is 0 Å². The molecule has 1 N–H and O–H groups in total. The summed E-state index contributed by atoms with van der Waals surface area (Å²) in [6.45, 7) is 5.04. The maximum absolute atomic E-state index is 12.8. The van der Waals surface area contributed by atoms with Crippen molar-refractivity contribution < 1.29 is 4.79 Å². The van der Waals surface area contributed by atoms with Crippen LogP contribution in [0.2, 0.25) is 0 Å². The standard InChI is InChI=1S/C26H28BrNO/c1-26(2,18-20-13-15-23(27)16-14-20)19-28-25(29)17-24(21-9-5-3-6-10-21)22-11-7-4-8-12-22/h3-16,24H,17-19H2,1-2H3,(H,28,29). The molecule has 0 heterocycles. The molecule has 0 aromatic heterocycles.